The molecular weight excluding hydrogens is 369 g/mol. The van der Waals surface area contributed by atoms with Gasteiger partial charge in [0.05, 0.1) is 6.54 Å². The largest absolute Gasteiger partial charge is 0.355 e. The maximum atomic E-state index is 13.9. The Morgan fingerprint density at radius 2 is 1.92 bits per heavy atom. The Labute approximate surface area is 153 Å². The van der Waals surface area contributed by atoms with Crippen LogP contribution in [0, 0.1) is 11.7 Å². The first kappa shape index (κ1) is 20.1. The van der Waals surface area contributed by atoms with Gasteiger partial charge in [-0.25, -0.2) is 12.8 Å². The number of amides is 1. The van der Waals surface area contributed by atoms with E-state index in [1.165, 1.54) is 16.4 Å². The van der Waals surface area contributed by atoms with Crippen LogP contribution in [0.2, 0.25) is 5.02 Å². The van der Waals surface area contributed by atoms with Gasteiger partial charge in [-0.3, -0.25) is 9.69 Å². The Kier molecular flexibility index (Phi) is 6.79. The summed E-state index contributed by atoms with van der Waals surface area (Å²) >= 11 is 5.67. The van der Waals surface area contributed by atoms with Crippen LogP contribution < -0.4 is 5.32 Å². The third-order valence-electron chi connectivity index (χ3n) is 3.92. The van der Waals surface area contributed by atoms with Crippen LogP contribution in [0.1, 0.15) is 13.8 Å². The van der Waals surface area contributed by atoms with Crippen LogP contribution in [-0.2, 0) is 14.8 Å². The van der Waals surface area contributed by atoms with E-state index in [1.54, 1.807) is 0 Å². The summed E-state index contributed by atoms with van der Waals surface area (Å²) in [6, 6.07) is 3.52. The molecule has 1 aromatic carbocycles. The summed E-state index contributed by atoms with van der Waals surface area (Å²) in [6.45, 7) is 6.13. The Bertz CT molecular complexity index is 719. The predicted octanol–water partition coefficient (Wildman–Crippen LogP) is 1.56. The zero-order chi connectivity index (χ0) is 18.6. The number of carbonyl (C=O) groups is 1. The van der Waals surface area contributed by atoms with Gasteiger partial charge in [0.15, 0.2) is 0 Å². The number of hydrogen-bond acceptors (Lipinski definition) is 4. The molecule has 0 bridgehead atoms. The molecule has 0 saturated carbocycles. The monoisotopic (exact) mass is 391 g/mol. The second-order valence-electron chi connectivity index (χ2n) is 6.45. The van der Waals surface area contributed by atoms with Gasteiger partial charge in [0.25, 0.3) is 0 Å². The number of sulfonamides is 1. The molecule has 1 N–H and O–H groups in total. The number of rotatable bonds is 6. The number of halogens is 2. The molecule has 6 nitrogen and oxygen atoms in total. The minimum absolute atomic E-state index is 0.0752. The molecule has 0 aliphatic carbocycles. The van der Waals surface area contributed by atoms with E-state index in [1.807, 2.05) is 18.7 Å². The molecule has 1 amide bonds. The Morgan fingerprint density at radius 1 is 1.28 bits per heavy atom. The maximum absolute atomic E-state index is 13.9. The SMILES string of the molecule is CC(C)CNC(=O)CN1CCN(S(=O)(=O)c2ccc(Cl)cc2F)CC1. The van der Waals surface area contributed by atoms with Crippen molar-refractivity contribution in [2.75, 3.05) is 39.3 Å². The van der Waals surface area contributed by atoms with Crippen molar-refractivity contribution < 1.29 is 17.6 Å². The fourth-order valence-electron chi connectivity index (χ4n) is 2.53. The molecule has 1 saturated heterocycles. The lowest BCUT2D eigenvalue weighted by molar-refractivity contribution is -0.122. The third kappa shape index (κ3) is 5.37. The lowest BCUT2D eigenvalue weighted by Gasteiger charge is -2.33. The fourth-order valence-corrected chi connectivity index (χ4v) is 4.15. The van der Waals surface area contributed by atoms with E-state index in [-0.39, 0.29) is 35.5 Å². The van der Waals surface area contributed by atoms with Crippen molar-refractivity contribution >= 4 is 27.5 Å². The molecule has 140 valence electrons. The van der Waals surface area contributed by atoms with Gasteiger partial charge in [-0.2, -0.15) is 4.31 Å². The predicted molar refractivity (Wildman–Crippen MR) is 94.5 cm³/mol. The lowest BCUT2D eigenvalue weighted by atomic mass is 10.2. The molecule has 1 aromatic rings. The fraction of sp³-hybridized carbons (Fsp3) is 0.562. The summed E-state index contributed by atoms with van der Waals surface area (Å²) in [4.78, 5) is 13.4. The third-order valence-corrected chi connectivity index (χ3v) is 6.08. The summed E-state index contributed by atoms with van der Waals surface area (Å²) in [5, 5.41) is 2.98. The van der Waals surface area contributed by atoms with E-state index in [9.17, 15) is 17.6 Å². The number of hydrogen-bond donors (Lipinski definition) is 1. The zero-order valence-corrected chi connectivity index (χ0v) is 15.9. The van der Waals surface area contributed by atoms with Gasteiger partial charge in [-0.15, -0.1) is 0 Å². The molecule has 2 rings (SSSR count). The van der Waals surface area contributed by atoms with Crippen LogP contribution in [0.3, 0.4) is 0 Å². The normalized spacial score (nSPS) is 17.0. The summed E-state index contributed by atoms with van der Waals surface area (Å²) < 4.78 is 40.3. The minimum Gasteiger partial charge on any atom is -0.355 e. The summed E-state index contributed by atoms with van der Waals surface area (Å²) in [5.74, 6) is -0.558. The number of benzene rings is 1. The molecule has 9 heteroatoms. The van der Waals surface area contributed by atoms with E-state index in [0.717, 1.165) is 6.07 Å². The van der Waals surface area contributed by atoms with Crippen LogP contribution in [-0.4, -0.2) is 62.8 Å². The Hall–Kier alpha value is -1.22. The van der Waals surface area contributed by atoms with E-state index in [4.69, 9.17) is 11.6 Å². The van der Waals surface area contributed by atoms with Gasteiger partial charge in [-0.1, -0.05) is 25.4 Å². The maximum Gasteiger partial charge on any atom is 0.246 e. The summed E-state index contributed by atoms with van der Waals surface area (Å²) in [5.41, 5.74) is 0. The van der Waals surface area contributed by atoms with Gasteiger partial charge in [0.2, 0.25) is 15.9 Å². The molecular formula is C16H23ClFN3O3S. The summed E-state index contributed by atoms with van der Waals surface area (Å²) in [6.07, 6.45) is 0. The average molecular weight is 392 g/mol. The lowest BCUT2D eigenvalue weighted by Crippen LogP contribution is -2.51. The van der Waals surface area contributed by atoms with Gasteiger partial charge >= 0.3 is 0 Å². The number of carbonyl (C=O) groups excluding carboxylic acids is 1. The molecule has 25 heavy (non-hydrogen) atoms. The molecule has 0 atom stereocenters. The highest BCUT2D eigenvalue weighted by atomic mass is 35.5. The molecule has 0 spiro atoms. The van der Waals surface area contributed by atoms with E-state index in [0.29, 0.717) is 25.6 Å². The van der Waals surface area contributed by atoms with Crippen molar-refractivity contribution in [1.82, 2.24) is 14.5 Å². The molecule has 0 radical (unpaired) electrons. The topological polar surface area (TPSA) is 69.7 Å². The van der Waals surface area contributed by atoms with Crippen LogP contribution in [0.4, 0.5) is 4.39 Å². The average Bonchev–Trinajstić information content (AvgIpc) is 2.53. The first-order valence-corrected chi connectivity index (χ1v) is 9.96. The van der Waals surface area contributed by atoms with Crippen molar-refractivity contribution in [3.05, 3.63) is 29.0 Å². The summed E-state index contributed by atoms with van der Waals surface area (Å²) in [7, 11) is -3.91. The molecule has 1 aliphatic heterocycles. The zero-order valence-electron chi connectivity index (χ0n) is 14.3. The first-order chi connectivity index (χ1) is 11.7. The van der Waals surface area contributed by atoms with E-state index in [2.05, 4.69) is 5.32 Å². The molecule has 1 fully saturated rings. The Balaban J connectivity index is 1.94. The van der Waals surface area contributed by atoms with Gasteiger partial charge < -0.3 is 5.32 Å². The first-order valence-electron chi connectivity index (χ1n) is 8.14. The standard InChI is InChI=1S/C16H23ClFN3O3S/c1-12(2)10-19-16(22)11-20-5-7-21(8-6-20)25(23,24)15-4-3-13(17)9-14(15)18/h3-4,9,12H,5-8,10-11H2,1-2H3,(H,19,22). The number of piperazine rings is 1. The highest BCUT2D eigenvalue weighted by molar-refractivity contribution is 7.89. The van der Waals surface area contributed by atoms with Crippen molar-refractivity contribution in [3.8, 4) is 0 Å². The van der Waals surface area contributed by atoms with Crippen molar-refractivity contribution in [1.29, 1.82) is 0 Å². The van der Waals surface area contributed by atoms with E-state index < -0.39 is 15.8 Å². The highest BCUT2D eigenvalue weighted by Gasteiger charge is 2.31. The van der Waals surface area contributed by atoms with Gasteiger partial charge in [0.1, 0.15) is 10.7 Å². The minimum atomic E-state index is -3.91. The molecule has 0 unspecified atom stereocenters. The quantitative estimate of drug-likeness (QED) is 0.799. The van der Waals surface area contributed by atoms with Gasteiger partial charge in [-0.05, 0) is 24.1 Å². The molecule has 0 aromatic heterocycles. The van der Waals surface area contributed by atoms with Gasteiger partial charge in [0, 0.05) is 37.7 Å². The van der Waals surface area contributed by atoms with Crippen molar-refractivity contribution in [2.24, 2.45) is 5.92 Å². The van der Waals surface area contributed by atoms with Crippen LogP contribution in [0.25, 0.3) is 0 Å². The Morgan fingerprint density at radius 3 is 2.48 bits per heavy atom. The van der Waals surface area contributed by atoms with Crippen molar-refractivity contribution in [2.45, 2.75) is 18.7 Å². The second-order valence-corrected chi connectivity index (χ2v) is 8.80. The van der Waals surface area contributed by atoms with Crippen molar-refractivity contribution in [3.63, 3.8) is 0 Å². The molecule has 1 heterocycles. The molecule has 1 aliphatic rings. The smallest absolute Gasteiger partial charge is 0.246 e. The van der Waals surface area contributed by atoms with Crippen LogP contribution in [0.5, 0.6) is 0 Å². The van der Waals surface area contributed by atoms with Crippen LogP contribution in [0.15, 0.2) is 23.1 Å². The second kappa shape index (κ2) is 8.44. The van der Waals surface area contributed by atoms with E-state index >= 15 is 0 Å². The highest BCUT2D eigenvalue weighted by Crippen LogP contribution is 2.23. The number of nitrogens with zero attached hydrogens (tertiary/aromatic N) is 2. The number of nitrogens with one attached hydrogen (secondary N) is 1. The van der Waals surface area contributed by atoms with Crippen LogP contribution >= 0.6 is 11.6 Å².